The monoisotopic (exact) mass is 371 g/mol. The smallest absolute Gasteiger partial charge is 0.274 e. The molecule has 0 bridgehead atoms. The lowest BCUT2D eigenvalue weighted by atomic mass is 9.99. The summed E-state index contributed by atoms with van der Waals surface area (Å²) in [5, 5.41) is 11.7. The van der Waals surface area contributed by atoms with Gasteiger partial charge in [0.15, 0.2) is 0 Å². The third-order valence-electron chi connectivity index (χ3n) is 5.41. The second kappa shape index (κ2) is 6.26. The first-order chi connectivity index (χ1) is 12.7. The van der Waals surface area contributed by atoms with Gasteiger partial charge in [-0.3, -0.25) is 14.7 Å². The predicted octanol–water partition coefficient (Wildman–Crippen LogP) is 1.41. The summed E-state index contributed by atoms with van der Waals surface area (Å²) in [5.41, 5.74) is 3.69. The maximum Gasteiger partial charge on any atom is 0.274 e. The van der Waals surface area contributed by atoms with Gasteiger partial charge in [0.05, 0.1) is 12.2 Å². The average molecular weight is 371 g/mol. The fourth-order valence-electron chi connectivity index (χ4n) is 3.69. The first kappa shape index (κ1) is 16.1. The van der Waals surface area contributed by atoms with Crippen LogP contribution in [0.3, 0.4) is 0 Å². The van der Waals surface area contributed by atoms with E-state index in [4.69, 9.17) is 0 Å². The quantitative estimate of drug-likeness (QED) is 0.878. The number of carbonyl (C=O) groups is 1. The largest absolute Gasteiger partial charge is 0.336 e. The van der Waals surface area contributed by atoms with Gasteiger partial charge in [-0.25, -0.2) is 4.68 Å². The Morgan fingerprint density at radius 2 is 2.15 bits per heavy atom. The summed E-state index contributed by atoms with van der Waals surface area (Å²) in [7, 11) is 0. The van der Waals surface area contributed by atoms with Crippen molar-refractivity contribution in [1.29, 1.82) is 0 Å². The number of thioether (sulfide) groups is 1. The number of nitrogens with one attached hydrogen (secondary N) is 1. The predicted molar refractivity (Wildman–Crippen MR) is 98.3 cm³/mol. The number of amides is 1. The Labute approximate surface area is 155 Å². The Balaban J connectivity index is 1.21. The molecule has 0 aromatic carbocycles. The molecule has 0 atom stereocenters. The van der Waals surface area contributed by atoms with Crippen molar-refractivity contribution in [3.05, 3.63) is 45.1 Å². The molecule has 26 heavy (non-hydrogen) atoms. The van der Waals surface area contributed by atoms with E-state index in [0.29, 0.717) is 31.2 Å². The standard InChI is InChI=1S/C18H21N5O2S/c24-17-5-13-10-26-4-3-14(13)21-23(17)9-11-7-22(8-11)18(25)16-6-15(19-20-16)12-1-2-12/h5-6,11-12H,1-4,7-10H2,(H,19,20). The lowest BCUT2D eigenvalue weighted by molar-refractivity contribution is 0.0452. The van der Waals surface area contributed by atoms with E-state index in [-0.39, 0.29) is 17.4 Å². The molecular weight excluding hydrogens is 350 g/mol. The van der Waals surface area contributed by atoms with Gasteiger partial charge in [0, 0.05) is 48.9 Å². The summed E-state index contributed by atoms with van der Waals surface area (Å²) < 4.78 is 1.58. The van der Waals surface area contributed by atoms with Crippen molar-refractivity contribution in [1.82, 2.24) is 24.9 Å². The third-order valence-corrected chi connectivity index (χ3v) is 6.42. The number of aromatic nitrogens is 4. The van der Waals surface area contributed by atoms with Crippen molar-refractivity contribution in [2.45, 2.75) is 37.5 Å². The minimum absolute atomic E-state index is 0.0211. The molecule has 2 aromatic rings. The Morgan fingerprint density at radius 1 is 1.31 bits per heavy atom. The van der Waals surface area contributed by atoms with Gasteiger partial charge < -0.3 is 4.90 Å². The van der Waals surface area contributed by atoms with Crippen molar-refractivity contribution in [3.63, 3.8) is 0 Å². The first-order valence-electron chi connectivity index (χ1n) is 9.19. The molecule has 5 rings (SSSR count). The zero-order chi connectivity index (χ0) is 17.7. The Hall–Kier alpha value is -2.09. The molecule has 1 aliphatic carbocycles. The van der Waals surface area contributed by atoms with Crippen LogP contribution in [-0.2, 0) is 18.7 Å². The van der Waals surface area contributed by atoms with Crippen LogP contribution in [0, 0.1) is 5.92 Å². The zero-order valence-corrected chi connectivity index (χ0v) is 15.3. The summed E-state index contributed by atoms with van der Waals surface area (Å²) in [5.74, 6) is 2.77. The normalized spacial score (nSPS) is 19.9. The molecule has 2 aliphatic heterocycles. The number of likely N-dealkylation sites (tertiary alicyclic amines) is 1. The summed E-state index contributed by atoms with van der Waals surface area (Å²) in [6, 6.07) is 3.63. The molecule has 3 aliphatic rings. The van der Waals surface area contributed by atoms with Gasteiger partial charge in [0.25, 0.3) is 11.5 Å². The average Bonchev–Trinajstić information content (AvgIpc) is 3.34. The van der Waals surface area contributed by atoms with E-state index in [1.54, 1.807) is 15.6 Å². The minimum atomic E-state index is -0.0302. The second-order valence-electron chi connectivity index (χ2n) is 7.50. The van der Waals surface area contributed by atoms with Gasteiger partial charge >= 0.3 is 0 Å². The molecular formula is C18H21N5O2S. The van der Waals surface area contributed by atoms with Gasteiger partial charge in [-0.15, -0.1) is 0 Å². The van der Waals surface area contributed by atoms with Crippen LogP contribution in [0.15, 0.2) is 16.9 Å². The topological polar surface area (TPSA) is 83.9 Å². The number of fused-ring (bicyclic) bond motifs is 1. The van der Waals surface area contributed by atoms with E-state index in [0.717, 1.165) is 34.9 Å². The van der Waals surface area contributed by atoms with Crippen LogP contribution in [0.4, 0.5) is 0 Å². The van der Waals surface area contributed by atoms with E-state index in [1.165, 1.54) is 12.8 Å². The summed E-state index contributed by atoms with van der Waals surface area (Å²) in [6.07, 6.45) is 3.30. The van der Waals surface area contributed by atoms with Crippen LogP contribution in [0.25, 0.3) is 0 Å². The maximum atomic E-state index is 12.5. The highest BCUT2D eigenvalue weighted by Crippen LogP contribution is 2.39. The molecule has 7 nitrogen and oxygen atoms in total. The van der Waals surface area contributed by atoms with Crippen LogP contribution in [-0.4, -0.2) is 49.6 Å². The van der Waals surface area contributed by atoms with Crippen molar-refractivity contribution in [2.75, 3.05) is 18.8 Å². The highest BCUT2D eigenvalue weighted by atomic mass is 32.2. The molecule has 4 heterocycles. The number of H-pyrrole nitrogens is 1. The minimum Gasteiger partial charge on any atom is -0.336 e. The molecule has 1 amide bonds. The molecule has 136 valence electrons. The molecule has 8 heteroatoms. The molecule has 1 N–H and O–H groups in total. The number of hydrogen-bond acceptors (Lipinski definition) is 5. The Kier molecular flexibility index (Phi) is 3.88. The van der Waals surface area contributed by atoms with Gasteiger partial charge in [0.2, 0.25) is 0 Å². The summed E-state index contributed by atoms with van der Waals surface area (Å²) in [6.45, 7) is 1.90. The number of hydrogen-bond donors (Lipinski definition) is 1. The fraction of sp³-hybridized carbons (Fsp3) is 0.556. The van der Waals surface area contributed by atoms with Crippen LogP contribution in [0.5, 0.6) is 0 Å². The van der Waals surface area contributed by atoms with Crippen molar-refractivity contribution in [3.8, 4) is 0 Å². The number of aromatic amines is 1. The van der Waals surface area contributed by atoms with Crippen LogP contribution in [0.2, 0.25) is 0 Å². The third kappa shape index (κ3) is 2.96. The number of carbonyl (C=O) groups excluding carboxylic acids is 1. The van der Waals surface area contributed by atoms with Crippen LogP contribution in [0.1, 0.15) is 46.2 Å². The molecule has 0 unspecified atom stereocenters. The molecule has 1 saturated carbocycles. The van der Waals surface area contributed by atoms with Crippen LogP contribution < -0.4 is 5.56 Å². The highest BCUT2D eigenvalue weighted by molar-refractivity contribution is 7.98. The van der Waals surface area contributed by atoms with Crippen molar-refractivity contribution >= 4 is 17.7 Å². The highest BCUT2D eigenvalue weighted by Gasteiger charge is 2.34. The summed E-state index contributed by atoms with van der Waals surface area (Å²) in [4.78, 5) is 26.6. The SMILES string of the molecule is O=C(c1cc(C2CC2)[nH]n1)N1CC(Cn2nc3c(cc2=O)CSCC3)C1. The van der Waals surface area contributed by atoms with Crippen molar-refractivity contribution < 1.29 is 4.79 Å². The van der Waals surface area contributed by atoms with Gasteiger partial charge in [-0.05, 0) is 30.2 Å². The van der Waals surface area contributed by atoms with E-state index in [9.17, 15) is 9.59 Å². The van der Waals surface area contributed by atoms with Gasteiger partial charge in [-0.2, -0.15) is 22.0 Å². The lowest BCUT2D eigenvalue weighted by Crippen LogP contribution is -2.52. The van der Waals surface area contributed by atoms with Crippen LogP contribution >= 0.6 is 11.8 Å². The molecule has 0 spiro atoms. The molecule has 2 aromatic heterocycles. The fourth-order valence-corrected chi connectivity index (χ4v) is 4.64. The number of nitrogens with zero attached hydrogens (tertiary/aromatic N) is 4. The van der Waals surface area contributed by atoms with Crippen molar-refractivity contribution in [2.24, 2.45) is 5.92 Å². The maximum absolute atomic E-state index is 12.5. The number of aryl methyl sites for hydroxylation is 1. The van der Waals surface area contributed by atoms with E-state index in [2.05, 4.69) is 15.3 Å². The van der Waals surface area contributed by atoms with Gasteiger partial charge in [0.1, 0.15) is 5.69 Å². The van der Waals surface area contributed by atoms with E-state index >= 15 is 0 Å². The first-order valence-corrected chi connectivity index (χ1v) is 10.3. The Morgan fingerprint density at radius 3 is 2.96 bits per heavy atom. The second-order valence-corrected chi connectivity index (χ2v) is 8.60. The zero-order valence-electron chi connectivity index (χ0n) is 14.5. The number of rotatable bonds is 4. The molecule has 1 saturated heterocycles. The summed E-state index contributed by atoms with van der Waals surface area (Å²) >= 11 is 1.85. The van der Waals surface area contributed by atoms with E-state index in [1.807, 2.05) is 17.8 Å². The van der Waals surface area contributed by atoms with E-state index < -0.39 is 0 Å². The molecule has 0 radical (unpaired) electrons. The Bertz CT molecular complexity index is 911. The molecule has 2 fully saturated rings. The van der Waals surface area contributed by atoms with Gasteiger partial charge in [-0.1, -0.05) is 0 Å². The lowest BCUT2D eigenvalue weighted by Gasteiger charge is -2.38.